The summed E-state index contributed by atoms with van der Waals surface area (Å²) in [7, 11) is 0. The van der Waals surface area contributed by atoms with Gasteiger partial charge in [-0.3, -0.25) is 0 Å². The smallest absolute Gasteiger partial charge is 0.140 e. The maximum atomic E-state index is 10.1. The highest BCUT2D eigenvalue weighted by molar-refractivity contribution is 5.70. The van der Waals surface area contributed by atoms with Crippen LogP contribution in [0.5, 0.6) is 0 Å². The van der Waals surface area contributed by atoms with Crippen molar-refractivity contribution in [3.8, 4) is 0 Å². The number of carbonyl (C=O) groups is 1. The molecular formula is C6H9NO. The first kappa shape index (κ1) is 5.51. The first-order chi connectivity index (χ1) is 3.73. The van der Waals surface area contributed by atoms with E-state index in [4.69, 9.17) is 5.73 Å². The normalized spacial score (nSPS) is 43.4. The van der Waals surface area contributed by atoms with E-state index in [-0.39, 0.29) is 5.92 Å². The van der Waals surface area contributed by atoms with Crippen LogP contribution in [0.3, 0.4) is 0 Å². The van der Waals surface area contributed by atoms with Gasteiger partial charge >= 0.3 is 0 Å². The Kier molecular flexibility index (Phi) is 0.978. The van der Waals surface area contributed by atoms with Gasteiger partial charge in [-0.2, -0.15) is 0 Å². The van der Waals surface area contributed by atoms with Crippen LogP contribution in [0.15, 0.2) is 12.7 Å². The average Bonchev–Trinajstić information content (AvgIpc) is 2.44. The minimum atomic E-state index is -0.540. The van der Waals surface area contributed by atoms with Crippen molar-refractivity contribution >= 4 is 6.29 Å². The van der Waals surface area contributed by atoms with Gasteiger partial charge in [0, 0.05) is 5.92 Å². The Morgan fingerprint density at radius 1 is 1.88 bits per heavy atom. The van der Waals surface area contributed by atoms with Crippen molar-refractivity contribution < 1.29 is 4.79 Å². The van der Waals surface area contributed by atoms with Gasteiger partial charge in [-0.25, -0.2) is 0 Å². The lowest BCUT2D eigenvalue weighted by Gasteiger charge is -1.93. The van der Waals surface area contributed by atoms with Crippen LogP contribution in [0.25, 0.3) is 0 Å². The number of hydrogen-bond donors (Lipinski definition) is 1. The molecule has 0 aromatic rings. The molecule has 1 saturated carbocycles. The summed E-state index contributed by atoms with van der Waals surface area (Å²) in [5.41, 5.74) is 4.92. The third kappa shape index (κ3) is 0.574. The molecule has 0 aliphatic heterocycles. The Morgan fingerprint density at radius 2 is 2.50 bits per heavy atom. The zero-order valence-electron chi connectivity index (χ0n) is 4.63. The highest BCUT2D eigenvalue weighted by Crippen LogP contribution is 2.39. The molecule has 1 rings (SSSR count). The SMILES string of the molecule is C=C[C@H]1C[C@]1(N)C=O. The van der Waals surface area contributed by atoms with Crippen LogP contribution in [-0.2, 0) is 4.79 Å². The molecule has 0 bridgehead atoms. The van der Waals surface area contributed by atoms with Crippen LogP contribution in [0, 0.1) is 5.92 Å². The maximum absolute atomic E-state index is 10.1. The maximum Gasteiger partial charge on any atom is 0.140 e. The molecule has 2 nitrogen and oxygen atoms in total. The summed E-state index contributed by atoms with van der Waals surface area (Å²) in [4.78, 5) is 10.1. The van der Waals surface area contributed by atoms with Gasteiger partial charge < -0.3 is 10.5 Å². The molecule has 2 atom stereocenters. The molecule has 0 amide bonds. The molecule has 2 heteroatoms. The van der Waals surface area contributed by atoms with Gasteiger partial charge in [0.2, 0.25) is 0 Å². The number of aldehydes is 1. The predicted molar refractivity (Wildman–Crippen MR) is 31.3 cm³/mol. The van der Waals surface area contributed by atoms with Crippen molar-refractivity contribution in [2.45, 2.75) is 12.0 Å². The van der Waals surface area contributed by atoms with E-state index >= 15 is 0 Å². The van der Waals surface area contributed by atoms with Gasteiger partial charge in [0.15, 0.2) is 0 Å². The summed E-state index contributed by atoms with van der Waals surface area (Å²) in [5.74, 6) is 0.236. The molecule has 8 heavy (non-hydrogen) atoms. The fourth-order valence-electron chi connectivity index (χ4n) is 0.760. The van der Waals surface area contributed by atoms with E-state index in [1.165, 1.54) is 0 Å². The monoisotopic (exact) mass is 111 g/mol. The standard InChI is InChI=1S/C6H9NO/c1-2-5-3-6(5,7)4-8/h2,4-5H,1,3,7H2/t5-,6-/m0/s1. The van der Waals surface area contributed by atoms with E-state index in [9.17, 15) is 4.79 Å². The van der Waals surface area contributed by atoms with Crippen molar-refractivity contribution in [1.29, 1.82) is 0 Å². The molecule has 0 radical (unpaired) electrons. The minimum Gasteiger partial charge on any atom is -0.319 e. The Bertz CT molecular complexity index is 132. The Labute approximate surface area is 48.4 Å². The minimum absolute atomic E-state index is 0.236. The Morgan fingerprint density at radius 3 is 2.62 bits per heavy atom. The van der Waals surface area contributed by atoms with Crippen LogP contribution in [0.4, 0.5) is 0 Å². The molecule has 0 spiro atoms. The number of hydrogen-bond acceptors (Lipinski definition) is 2. The molecule has 0 aromatic carbocycles. The molecule has 44 valence electrons. The van der Waals surface area contributed by atoms with Gasteiger partial charge in [0.05, 0.1) is 5.54 Å². The van der Waals surface area contributed by atoms with Crippen molar-refractivity contribution in [2.75, 3.05) is 0 Å². The summed E-state index contributed by atoms with van der Waals surface area (Å²) >= 11 is 0. The number of rotatable bonds is 2. The van der Waals surface area contributed by atoms with Gasteiger partial charge in [-0.1, -0.05) is 6.08 Å². The molecule has 0 saturated heterocycles. The van der Waals surface area contributed by atoms with Crippen molar-refractivity contribution in [1.82, 2.24) is 0 Å². The lowest BCUT2D eigenvalue weighted by molar-refractivity contribution is -0.109. The summed E-state index contributed by atoms with van der Waals surface area (Å²) in [6.45, 7) is 3.53. The second-order valence-corrected chi connectivity index (χ2v) is 2.28. The van der Waals surface area contributed by atoms with E-state index in [1.807, 2.05) is 0 Å². The summed E-state index contributed by atoms with van der Waals surface area (Å²) in [6, 6.07) is 0. The molecule has 2 N–H and O–H groups in total. The van der Waals surface area contributed by atoms with Gasteiger partial charge in [-0.05, 0) is 6.42 Å². The Hall–Kier alpha value is -0.630. The quantitative estimate of drug-likeness (QED) is 0.405. The zero-order chi connectivity index (χ0) is 6.20. The molecule has 0 aromatic heterocycles. The van der Waals surface area contributed by atoms with E-state index in [0.717, 1.165) is 12.7 Å². The summed E-state index contributed by atoms with van der Waals surface area (Å²) < 4.78 is 0. The highest BCUT2D eigenvalue weighted by Gasteiger charge is 2.48. The van der Waals surface area contributed by atoms with Crippen molar-refractivity contribution in [3.63, 3.8) is 0 Å². The molecule has 1 aliphatic carbocycles. The number of carbonyl (C=O) groups excluding carboxylic acids is 1. The average molecular weight is 111 g/mol. The van der Waals surface area contributed by atoms with Crippen molar-refractivity contribution in [3.05, 3.63) is 12.7 Å². The lowest BCUT2D eigenvalue weighted by Crippen LogP contribution is -2.25. The lowest BCUT2D eigenvalue weighted by atomic mass is 10.2. The van der Waals surface area contributed by atoms with Crippen LogP contribution < -0.4 is 5.73 Å². The predicted octanol–water partition coefficient (Wildman–Crippen LogP) is 0.0887. The van der Waals surface area contributed by atoms with Gasteiger partial charge in [0.1, 0.15) is 6.29 Å². The first-order valence-corrected chi connectivity index (χ1v) is 2.61. The first-order valence-electron chi connectivity index (χ1n) is 2.61. The Balaban J connectivity index is 2.54. The third-order valence-corrected chi connectivity index (χ3v) is 1.61. The molecule has 0 heterocycles. The molecular weight excluding hydrogens is 102 g/mol. The topological polar surface area (TPSA) is 43.1 Å². The fraction of sp³-hybridized carbons (Fsp3) is 0.500. The molecule has 1 aliphatic rings. The molecule has 0 unspecified atom stereocenters. The second-order valence-electron chi connectivity index (χ2n) is 2.28. The highest BCUT2D eigenvalue weighted by atomic mass is 16.1. The van der Waals surface area contributed by atoms with Crippen LogP contribution >= 0.6 is 0 Å². The van der Waals surface area contributed by atoms with E-state index in [2.05, 4.69) is 6.58 Å². The molecule has 1 fully saturated rings. The van der Waals surface area contributed by atoms with E-state index in [0.29, 0.717) is 0 Å². The van der Waals surface area contributed by atoms with Gasteiger partial charge in [-0.15, -0.1) is 6.58 Å². The van der Waals surface area contributed by atoms with Crippen molar-refractivity contribution in [2.24, 2.45) is 11.7 Å². The summed E-state index contributed by atoms with van der Waals surface area (Å²) in [5, 5.41) is 0. The van der Waals surface area contributed by atoms with Gasteiger partial charge in [0.25, 0.3) is 0 Å². The largest absolute Gasteiger partial charge is 0.319 e. The van der Waals surface area contributed by atoms with E-state index in [1.54, 1.807) is 6.08 Å². The zero-order valence-corrected chi connectivity index (χ0v) is 4.63. The van der Waals surface area contributed by atoms with Crippen LogP contribution in [-0.4, -0.2) is 11.8 Å². The number of nitrogens with two attached hydrogens (primary N) is 1. The summed E-state index contributed by atoms with van der Waals surface area (Å²) in [6.07, 6.45) is 3.31. The second kappa shape index (κ2) is 1.42. The third-order valence-electron chi connectivity index (χ3n) is 1.61. The van der Waals surface area contributed by atoms with Crippen LogP contribution in [0.2, 0.25) is 0 Å². The van der Waals surface area contributed by atoms with Crippen LogP contribution in [0.1, 0.15) is 6.42 Å². The van der Waals surface area contributed by atoms with E-state index < -0.39 is 5.54 Å². The fourth-order valence-corrected chi connectivity index (χ4v) is 0.760.